The average molecular weight is 315 g/mol. The first-order valence-electron chi connectivity index (χ1n) is 7.49. The van der Waals surface area contributed by atoms with Gasteiger partial charge in [0.15, 0.2) is 0 Å². The highest BCUT2D eigenvalue weighted by Crippen LogP contribution is 2.28. The molecule has 23 heavy (non-hydrogen) atoms. The van der Waals surface area contributed by atoms with Crippen molar-refractivity contribution in [1.29, 1.82) is 5.26 Å². The van der Waals surface area contributed by atoms with Crippen LogP contribution in [0.1, 0.15) is 12.0 Å². The molecule has 0 spiro atoms. The zero-order valence-electron chi connectivity index (χ0n) is 13.4. The summed E-state index contributed by atoms with van der Waals surface area (Å²) in [6.45, 7) is 1.89. The normalized spacial score (nSPS) is 17.4. The smallest absolute Gasteiger partial charge is 0.248 e. The molecule has 1 heterocycles. The average Bonchev–Trinajstić information content (AvgIpc) is 3.01. The largest absolute Gasteiger partial charge is 0.486 e. The number of anilines is 1. The minimum atomic E-state index is -0.255. The Morgan fingerprint density at radius 3 is 3.04 bits per heavy atom. The number of carbonyl (C=O) groups excluding carboxylic acids is 1. The number of hydrogen-bond donors (Lipinski definition) is 1. The van der Waals surface area contributed by atoms with E-state index in [0.29, 0.717) is 36.8 Å². The number of likely N-dealkylation sites (N-methyl/N-ethyl adjacent to an activating group) is 1. The predicted octanol–water partition coefficient (Wildman–Crippen LogP) is 1.78. The fourth-order valence-electron chi connectivity index (χ4n) is 2.13. The van der Waals surface area contributed by atoms with Crippen molar-refractivity contribution >= 4 is 11.6 Å². The summed E-state index contributed by atoms with van der Waals surface area (Å²) in [6.07, 6.45) is 4.04. The summed E-state index contributed by atoms with van der Waals surface area (Å²) in [5.74, 6) is 0.295. The van der Waals surface area contributed by atoms with Gasteiger partial charge in [0.05, 0.1) is 30.5 Å². The molecular weight excluding hydrogens is 294 g/mol. The number of amides is 1. The van der Waals surface area contributed by atoms with Gasteiger partial charge in [-0.2, -0.15) is 5.26 Å². The number of carbonyl (C=O) groups is 1. The summed E-state index contributed by atoms with van der Waals surface area (Å²) in [7, 11) is 3.85. The summed E-state index contributed by atoms with van der Waals surface area (Å²) in [5, 5.41) is 11.8. The molecule has 0 radical (unpaired) electrons. The van der Waals surface area contributed by atoms with Crippen LogP contribution in [-0.2, 0) is 9.53 Å². The highest BCUT2D eigenvalue weighted by atomic mass is 16.5. The van der Waals surface area contributed by atoms with E-state index in [9.17, 15) is 4.79 Å². The van der Waals surface area contributed by atoms with Gasteiger partial charge in [0.25, 0.3) is 0 Å². The third-order valence-corrected chi connectivity index (χ3v) is 3.29. The molecule has 1 aromatic carbocycles. The summed E-state index contributed by atoms with van der Waals surface area (Å²) >= 11 is 0. The van der Waals surface area contributed by atoms with E-state index < -0.39 is 0 Å². The Labute approximate surface area is 136 Å². The second-order valence-corrected chi connectivity index (χ2v) is 5.58. The summed E-state index contributed by atoms with van der Waals surface area (Å²) in [5.41, 5.74) is 0.961. The molecule has 1 saturated heterocycles. The molecule has 1 N–H and O–H groups in total. The van der Waals surface area contributed by atoms with E-state index in [1.807, 2.05) is 19.0 Å². The van der Waals surface area contributed by atoms with E-state index in [1.54, 1.807) is 24.3 Å². The lowest BCUT2D eigenvalue weighted by Crippen LogP contribution is -2.18. The van der Waals surface area contributed by atoms with Gasteiger partial charge in [-0.1, -0.05) is 6.08 Å². The number of benzene rings is 1. The Morgan fingerprint density at radius 1 is 1.57 bits per heavy atom. The van der Waals surface area contributed by atoms with Crippen LogP contribution in [0.5, 0.6) is 5.75 Å². The Hall–Kier alpha value is -2.36. The molecule has 1 fully saturated rings. The van der Waals surface area contributed by atoms with Crippen molar-refractivity contribution in [3.05, 3.63) is 35.9 Å². The van der Waals surface area contributed by atoms with Gasteiger partial charge in [0, 0.05) is 19.0 Å². The van der Waals surface area contributed by atoms with Gasteiger partial charge >= 0.3 is 0 Å². The zero-order chi connectivity index (χ0) is 16.7. The van der Waals surface area contributed by atoms with Crippen molar-refractivity contribution in [2.45, 2.75) is 12.5 Å². The monoisotopic (exact) mass is 315 g/mol. The summed E-state index contributed by atoms with van der Waals surface area (Å²) in [4.78, 5) is 14.0. The zero-order valence-corrected chi connectivity index (χ0v) is 13.4. The molecule has 2 rings (SSSR count). The van der Waals surface area contributed by atoms with Crippen LogP contribution in [0.15, 0.2) is 30.4 Å². The van der Waals surface area contributed by atoms with E-state index in [2.05, 4.69) is 11.4 Å². The van der Waals surface area contributed by atoms with Gasteiger partial charge in [-0.25, -0.2) is 0 Å². The fraction of sp³-hybridized carbons (Fsp3) is 0.412. The van der Waals surface area contributed by atoms with Crippen LogP contribution < -0.4 is 10.1 Å². The lowest BCUT2D eigenvalue weighted by atomic mass is 10.2. The minimum Gasteiger partial charge on any atom is -0.486 e. The van der Waals surface area contributed by atoms with Crippen LogP contribution in [0.2, 0.25) is 0 Å². The second kappa shape index (κ2) is 8.32. The maximum absolute atomic E-state index is 12.0. The first-order chi connectivity index (χ1) is 11.1. The van der Waals surface area contributed by atoms with Gasteiger partial charge in [-0.05, 0) is 32.3 Å². The van der Waals surface area contributed by atoms with Gasteiger partial charge in [-0.15, -0.1) is 0 Å². The van der Waals surface area contributed by atoms with Crippen molar-refractivity contribution in [1.82, 2.24) is 4.90 Å². The molecule has 6 heteroatoms. The van der Waals surface area contributed by atoms with Crippen molar-refractivity contribution in [2.75, 3.05) is 39.2 Å². The number of nitrogens with zero attached hydrogens (tertiary/aromatic N) is 2. The Kier molecular flexibility index (Phi) is 6.15. The molecule has 0 aliphatic carbocycles. The van der Waals surface area contributed by atoms with Crippen molar-refractivity contribution in [3.8, 4) is 11.8 Å². The van der Waals surface area contributed by atoms with E-state index in [4.69, 9.17) is 14.7 Å². The van der Waals surface area contributed by atoms with E-state index >= 15 is 0 Å². The molecule has 1 amide bonds. The lowest BCUT2D eigenvalue weighted by molar-refractivity contribution is -0.111. The Bertz CT molecular complexity index is 614. The number of nitriles is 1. The van der Waals surface area contributed by atoms with Gasteiger partial charge in [0.1, 0.15) is 11.9 Å². The number of rotatable bonds is 6. The van der Waals surface area contributed by atoms with E-state index in [1.165, 1.54) is 6.08 Å². The van der Waals surface area contributed by atoms with Gasteiger partial charge in [0.2, 0.25) is 5.91 Å². The molecule has 6 nitrogen and oxygen atoms in total. The fourth-order valence-corrected chi connectivity index (χ4v) is 2.13. The molecule has 1 aromatic rings. The number of ether oxygens (including phenoxy) is 2. The Morgan fingerprint density at radius 2 is 2.39 bits per heavy atom. The third-order valence-electron chi connectivity index (χ3n) is 3.29. The topological polar surface area (TPSA) is 74.6 Å². The molecule has 0 bridgehead atoms. The molecule has 1 aliphatic heterocycles. The summed E-state index contributed by atoms with van der Waals surface area (Å²) < 4.78 is 11.2. The third kappa shape index (κ3) is 5.40. The lowest BCUT2D eigenvalue weighted by Gasteiger charge is -2.16. The maximum Gasteiger partial charge on any atom is 0.248 e. The number of nitrogens with one attached hydrogen (secondary N) is 1. The van der Waals surface area contributed by atoms with Crippen molar-refractivity contribution in [2.24, 2.45) is 0 Å². The van der Waals surface area contributed by atoms with Crippen molar-refractivity contribution in [3.63, 3.8) is 0 Å². The second-order valence-electron chi connectivity index (χ2n) is 5.58. The van der Waals surface area contributed by atoms with Crippen LogP contribution in [0, 0.1) is 11.3 Å². The maximum atomic E-state index is 12.0. The van der Waals surface area contributed by atoms with Crippen LogP contribution in [0.4, 0.5) is 5.69 Å². The molecule has 1 aliphatic rings. The molecule has 1 atom stereocenters. The van der Waals surface area contributed by atoms with E-state index in [0.717, 1.165) is 6.42 Å². The first-order valence-corrected chi connectivity index (χ1v) is 7.49. The molecule has 0 saturated carbocycles. The van der Waals surface area contributed by atoms with Gasteiger partial charge in [-0.3, -0.25) is 4.79 Å². The molecule has 122 valence electrons. The molecule has 0 unspecified atom stereocenters. The minimum absolute atomic E-state index is 0.0251. The van der Waals surface area contributed by atoms with Gasteiger partial charge < -0.3 is 19.7 Å². The molecular formula is C17H21N3O3. The SMILES string of the molecule is CN(C)CC=CC(=O)Nc1cc(C#N)ccc1O[C@H]1CCOC1. The highest BCUT2D eigenvalue weighted by molar-refractivity contribution is 6.00. The quantitative estimate of drug-likeness (QED) is 0.810. The van der Waals surface area contributed by atoms with Crippen LogP contribution >= 0.6 is 0 Å². The Balaban J connectivity index is 2.09. The van der Waals surface area contributed by atoms with Crippen LogP contribution in [0.3, 0.4) is 0 Å². The standard InChI is InChI=1S/C17H21N3O3/c1-20(2)8-3-4-17(21)19-15-10-13(11-18)5-6-16(15)23-14-7-9-22-12-14/h3-6,10,14H,7-9,12H2,1-2H3,(H,19,21)/t14-/m0/s1. The van der Waals surface area contributed by atoms with Crippen LogP contribution in [-0.4, -0.2) is 50.8 Å². The number of hydrogen-bond acceptors (Lipinski definition) is 5. The van der Waals surface area contributed by atoms with Crippen LogP contribution in [0.25, 0.3) is 0 Å². The summed E-state index contributed by atoms with van der Waals surface area (Å²) in [6, 6.07) is 7.05. The first kappa shape index (κ1) is 17.0. The predicted molar refractivity (Wildman–Crippen MR) is 87.3 cm³/mol. The van der Waals surface area contributed by atoms with Crippen molar-refractivity contribution < 1.29 is 14.3 Å². The van der Waals surface area contributed by atoms with E-state index in [-0.39, 0.29) is 12.0 Å². The highest BCUT2D eigenvalue weighted by Gasteiger charge is 2.19. The molecule has 0 aromatic heterocycles.